The summed E-state index contributed by atoms with van der Waals surface area (Å²) in [6.07, 6.45) is 0.461. The Hall–Kier alpha value is -3.20. The minimum Gasteiger partial charge on any atom is -0.497 e. The summed E-state index contributed by atoms with van der Waals surface area (Å²) in [5, 5.41) is 0. The molecule has 0 saturated carbocycles. The average molecular weight is 485 g/mol. The largest absolute Gasteiger partial charge is 0.497 e. The molecular formula is C25H28N2O6S. The van der Waals surface area contributed by atoms with Gasteiger partial charge in [0.25, 0.3) is 0 Å². The molecule has 9 heteroatoms. The number of benzene rings is 2. The lowest BCUT2D eigenvalue weighted by atomic mass is 10.1. The highest BCUT2D eigenvalue weighted by Crippen LogP contribution is 2.34. The lowest BCUT2D eigenvalue weighted by molar-refractivity contribution is -0.130. The molecule has 4 rings (SSSR count). The Bertz CT molecular complexity index is 1100. The third kappa shape index (κ3) is 5.14. The van der Waals surface area contributed by atoms with Crippen LogP contribution in [0, 0.1) is 0 Å². The Morgan fingerprint density at radius 1 is 1.18 bits per heavy atom. The van der Waals surface area contributed by atoms with Gasteiger partial charge >= 0.3 is 6.09 Å². The van der Waals surface area contributed by atoms with E-state index >= 15 is 0 Å². The van der Waals surface area contributed by atoms with Gasteiger partial charge in [0, 0.05) is 47.7 Å². The summed E-state index contributed by atoms with van der Waals surface area (Å²) in [4.78, 5) is 41.4. The highest BCUT2D eigenvalue weighted by molar-refractivity contribution is 7.99. The summed E-state index contributed by atoms with van der Waals surface area (Å²) in [6, 6.07) is 10.9. The Morgan fingerprint density at radius 3 is 2.74 bits per heavy atom. The Labute approximate surface area is 203 Å². The van der Waals surface area contributed by atoms with Gasteiger partial charge in [-0.05, 0) is 42.5 Å². The normalized spacial score (nSPS) is 17.6. The number of thioether (sulfide) groups is 1. The number of methoxy groups -OCH3 is 2. The van der Waals surface area contributed by atoms with Crippen LogP contribution in [-0.2, 0) is 16.1 Å². The maximum atomic E-state index is 12.7. The molecule has 180 valence electrons. The lowest BCUT2D eigenvalue weighted by Gasteiger charge is -2.24. The van der Waals surface area contributed by atoms with E-state index in [2.05, 4.69) is 0 Å². The minimum atomic E-state index is -0.478. The molecule has 1 unspecified atom stereocenters. The molecule has 2 aromatic rings. The number of ether oxygens (including phenoxy) is 3. The first-order chi connectivity index (χ1) is 16.4. The number of fused-ring (bicyclic) bond motifs is 1. The van der Waals surface area contributed by atoms with E-state index in [9.17, 15) is 14.4 Å². The lowest BCUT2D eigenvalue weighted by Crippen LogP contribution is -2.37. The van der Waals surface area contributed by atoms with E-state index in [4.69, 9.17) is 14.2 Å². The van der Waals surface area contributed by atoms with Crippen LogP contribution in [0.4, 0.5) is 10.5 Å². The van der Waals surface area contributed by atoms with Gasteiger partial charge in [0.15, 0.2) is 5.78 Å². The van der Waals surface area contributed by atoms with Gasteiger partial charge in [0.2, 0.25) is 5.91 Å². The molecular weight excluding hydrogens is 456 g/mol. The summed E-state index contributed by atoms with van der Waals surface area (Å²) >= 11 is 1.64. The maximum Gasteiger partial charge on any atom is 0.414 e. The van der Waals surface area contributed by atoms with Gasteiger partial charge in [0.1, 0.15) is 17.6 Å². The van der Waals surface area contributed by atoms with Crippen LogP contribution in [0.25, 0.3) is 0 Å². The number of anilines is 1. The number of hydrogen-bond donors (Lipinski definition) is 0. The zero-order chi connectivity index (χ0) is 24.2. The number of carbonyl (C=O) groups excluding carboxylic acids is 3. The quantitative estimate of drug-likeness (QED) is 0.584. The van der Waals surface area contributed by atoms with Gasteiger partial charge < -0.3 is 19.1 Å². The van der Waals surface area contributed by atoms with Crippen LogP contribution < -0.4 is 14.4 Å². The fourth-order valence-corrected chi connectivity index (χ4v) is 5.19. The van der Waals surface area contributed by atoms with Crippen molar-refractivity contribution in [2.75, 3.05) is 38.0 Å². The molecule has 1 fully saturated rings. The van der Waals surface area contributed by atoms with Crippen LogP contribution in [0.15, 0.2) is 41.3 Å². The zero-order valence-electron chi connectivity index (χ0n) is 19.5. The van der Waals surface area contributed by atoms with E-state index in [1.54, 1.807) is 54.0 Å². The van der Waals surface area contributed by atoms with Gasteiger partial charge in [0.05, 0.1) is 27.3 Å². The molecule has 2 amide bonds. The monoisotopic (exact) mass is 484 g/mol. The van der Waals surface area contributed by atoms with Gasteiger partial charge in [-0.25, -0.2) is 4.79 Å². The van der Waals surface area contributed by atoms with Crippen molar-refractivity contribution in [3.63, 3.8) is 0 Å². The molecule has 0 spiro atoms. The van der Waals surface area contributed by atoms with Crippen LogP contribution in [0.3, 0.4) is 0 Å². The summed E-state index contributed by atoms with van der Waals surface area (Å²) in [7, 11) is 3.15. The van der Waals surface area contributed by atoms with Crippen LogP contribution in [0.1, 0.15) is 35.7 Å². The fraction of sp³-hybridized carbons (Fsp3) is 0.400. The van der Waals surface area contributed by atoms with E-state index in [0.29, 0.717) is 42.3 Å². The first-order valence-corrected chi connectivity index (χ1v) is 12.1. The van der Waals surface area contributed by atoms with Gasteiger partial charge in [-0.1, -0.05) is 0 Å². The van der Waals surface area contributed by atoms with Crippen molar-refractivity contribution < 1.29 is 28.6 Å². The van der Waals surface area contributed by atoms with Crippen molar-refractivity contribution in [1.29, 1.82) is 0 Å². The van der Waals surface area contributed by atoms with Crippen molar-refractivity contribution in [3.05, 3.63) is 47.5 Å². The predicted molar refractivity (Wildman–Crippen MR) is 129 cm³/mol. The van der Waals surface area contributed by atoms with Crippen molar-refractivity contribution in [1.82, 2.24) is 4.90 Å². The highest BCUT2D eigenvalue weighted by Gasteiger charge is 2.34. The summed E-state index contributed by atoms with van der Waals surface area (Å²) in [5.41, 5.74) is 2.23. The van der Waals surface area contributed by atoms with E-state index in [1.165, 1.54) is 6.92 Å². The second-order valence-electron chi connectivity index (χ2n) is 8.25. The molecule has 2 aliphatic rings. The second kappa shape index (κ2) is 10.4. The number of carbonyl (C=O) groups is 3. The van der Waals surface area contributed by atoms with Crippen LogP contribution in [-0.4, -0.2) is 61.8 Å². The third-order valence-electron chi connectivity index (χ3n) is 5.98. The van der Waals surface area contributed by atoms with Crippen LogP contribution >= 0.6 is 11.8 Å². The van der Waals surface area contributed by atoms with Gasteiger partial charge in [-0.3, -0.25) is 14.5 Å². The molecule has 0 radical (unpaired) electrons. The third-order valence-corrected chi connectivity index (χ3v) is 7.12. The van der Waals surface area contributed by atoms with E-state index in [0.717, 1.165) is 22.6 Å². The topological polar surface area (TPSA) is 85.4 Å². The van der Waals surface area contributed by atoms with Crippen molar-refractivity contribution in [3.8, 4) is 11.5 Å². The molecule has 2 aromatic carbocycles. The number of ketones is 1. The Balaban J connectivity index is 1.47. The molecule has 0 N–H and O–H groups in total. The van der Waals surface area contributed by atoms with E-state index < -0.39 is 12.2 Å². The summed E-state index contributed by atoms with van der Waals surface area (Å²) < 4.78 is 16.3. The number of amides is 2. The number of hydrogen-bond acceptors (Lipinski definition) is 7. The van der Waals surface area contributed by atoms with Gasteiger partial charge in [-0.15, -0.1) is 11.8 Å². The number of Topliss-reactive ketones (excluding diaryl/α,β-unsaturated/α-hetero) is 1. The van der Waals surface area contributed by atoms with Gasteiger partial charge in [-0.2, -0.15) is 0 Å². The Morgan fingerprint density at radius 2 is 2.00 bits per heavy atom. The smallest absolute Gasteiger partial charge is 0.414 e. The fourth-order valence-electron chi connectivity index (χ4n) is 4.14. The first-order valence-electron chi connectivity index (χ1n) is 11.1. The predicted octanol–water partition coefficient (Wildman–Crippen LogP) is 4.15. The molecule has 0 aliphatic carbocycles. The van der Waals surface area contributed by atoms with Crippen molar-refractivity contribution in [2.24, 2.45) is 0 Å². The number of rotatable bonds is 7. The first kappa shape index (κ1) is 23.9. The van der Waals surface area contributed by atoms with E-state index in [-0.39, 0.29) is 18.2 Å². The summed E-state index contributed by atoms with van der Waals surface area (Å²) in [6.45, 7) is 2.38. The molecule has 0 bridgehead atoms. The van der Waals surface area contributed by atoms with Crippen LogP contribution in [0.5, 0.6) is 11.5 Å². The SMILES string of the molecule is COc1ccc(CN(CC2CN(c3ccc4c(c3)SCCCC4=O)C(=O)O2)C(C)=O)c(OC)c1. The molecule has 34 heavy (non-hydrogen) atoms. The van der Waals surface area contributed by atoms with Crippen LogP contribution in [0.2, 0.25) is 0 Å². The average Bonchev–Trinajstić information content (AvgIpc) is 3.10. The van der Waals surface area contributed by atoms with Crippen molar-refractivity contribution >= 4 is 35.2 Å². The molecule has 1 atom stereocenters. The summed E-state index contributed by atoms with van der Waals surface area (Å²) in [5.74, 6) is 2.16. The number of nitrogens with zero attached hydrogens (tertiary/aromatic N) is 2. The zero-order valence-corrected chi connectivity index (χ0v) is 20.4. The molecule has 0 aromatic heterocycles. The number of cyclic esters (lactones) is 1. The second-order valence-corrected chi connectivity index (χ2v) is 9.39. The molecule has 2 heterocycles. The van der Waals surface area contributed by atoms with Crippen molar-refractivity contribution in [2.45, 2.75) is 37.3 Å². The maximum absolute atomic E-state index is 12.7. The Kier molecular flexibility index (Phi) is 7.31. The molecule has 2 aliphatic heterocycles. The highest BCUT2D eigenvalue weighted by atomic mass is 32.2. The van der Waals surface area contributed by atoms with E-state index in [1.807, 2.05) is 18.2 Å². The molecule has 8 nitrogen and oxygen atoms in total. The molecule has 1 saturated heterocycles. The minimum absolute atomic E-state index is 0.132. The standard InChI is InChI=1S/C25H28N2O6S/c1-16(28)26(13-17-6-8-19(31-2)12-23(17)32-3)14-20-15-27(25(30)33-20)18-7-9-21-22(29)5-4-10-34-24(21)11-18/h6-9,11-12,20H,4-5,10,13-15H2,1-3H3.